The van der Waals surface area contributed by atoms with Crippen molar-refractivity contribution >= 4 is 11.3 Å². The van der Waals surface area contributed by atoms with Crippen molar-refractivity contribution < 1.29 is 4.74 Å². The summed E-state index contributed by atoms with van der Waals surface area (Å²) in [5.74, 6) is 0.720. The molecule has 0 aromatic carbocycles. The van der Waals surface area contributed by atoms with Crippen molar-refractivity contribution in [1.29, 1.82) is 0 Å². The Hall–Kier alpha value is -0.450. The SMILES string of the molecule is CCCNCc1csc(C(OCC)C2CC2)n1. The molecule has 0 bridgehead atoms. The molecule has 3 nitrogen and oxygen atoms in total. The molecular weight excluding hydrogens is 232 g/mol. The largest absolute Gasteiger partial charge is 0.371 e. The highest BCUT2D eigenvalue weighted by Gasteiger charge is 2.34. The van der Waals surface area contributed by atoms with Crippen molar-refractivity contribution in [2.45, 2.75) is 45.8 Å². The molecule has 0 radical (unpaired) electrons. The molecule has 1 aliphatic rings. The Kier molecular flexibility index (Phi) is 4.95. The molecule has 96 valence electrons. The number of hydrogen-bond acceptors (Lipinski definition) is 4. The molecule has 1 fully saturated rings. The Morgan fingerprint density at radius 3 is 3.00 bits per heavy atom. The molecule has 0 saturated heterocycles. The summed E-state index contributed by atoms with van der Waals surface area (Å²) in [5.41, 5.74) is 1.16. The van der Waals surface area contributed by atoms with E-state index in [-0.39, 0.29) is 6.10 Å². The Morgan fingerprint density at radius 1 is 1.53 bits per heavy atom. The third kappa shape index (κ3) is 3.76. The van der Waals surface area contributed by atoms with Gasteiger partial charge < -0.3 is 10.1 Å². The van der Waals surface area contributed by atoms with E-state index in [1.54, 1.807) is 11.3 Å². The van der Waals surface area contributed by atoms with E-state index >= 15 is 0 Å². The number of aromatic nitrogens is 1. The van der Waals surface area contributed by atoms with E-state index in [4.69, 9.17) is 9.72 Å². The van der Waals surface area contributed by atoms with E-state index in [9.17, 15) is 0 Å². The fourth-order valence-electron chi connectivity index (χ4n) is 1.92. The fourth-order valence-corrected chi connectivity index (χ4v) is 2.87. The second-order valence-electron chi connectivity index (χ2n) is 4.57. The molecular formula is C13H22N2OS. The fraction of sp³-hybridized carbons (Fsp3) is 0.769. The first-order valence-corrected chi connectivity index (χ1v) is 7.49. The first kappa shape index (κ1) is 13.0. The lowest BCUT2D eigenvalue weighted by molar-refractivity contribution is 0.0461. The number of thiazole rings is 1. The summed E-state index contributed by atoms with van der Waals surface area (Å²) in [6.45, 7) is 6.97. The molecule has 2 rings (SSSR count). The van der Waals surface area contributed by atoms with Crippen LogP contribution < -0.4 is 5.32 Å². The minimum Gasteiger partial charge on any atom is -0.371 e. The number of hydrogen-bond donors (Lipinski definition) is 1. The topological polar surface area (TPSA) is 34.1 Å². The molecule has 1 aromatic heterocycles. The molecule has 4 heteroatoms. The average Bonchev–Trinajstić information content (AvgIpc) is 3.06. The Morgan fingerprint density at radius 2 is 2.35 bits per heavy atom. The van der Waals surface area contributed by atoms with Gasteiger partial charge in [0.25, 0.3) is 0 Å². The van der Waals surface area contributed by atoms with Crippen molar-refractivity contribution in [3.63, 3.8) is 0 Å². The summed E-state index contributed by atoms with van der Waals surface area (Å²) in [5, 5.41) is 6.71. The summed E-state index contributed by atoms with van der Waals surface area (Å²) in [6, 6.07) is 0. The van der Waals surface area contributed by atoms with Crippen LogP contribution in [0.1, 0.15) is 49.9 Å². The van der Waals surface area contributed by atoms with Crippen LogP contribution >= 0.6 is 11.3 Å². The van der Waals surface area contributed by atoms with Crippen LogP contribution in [0.4, 0.5) is 0 Å². The molecule has 1 heterocycles. The Balaban J connectivity index is 1.90. The highest BCUT2D eigenvalue weighted by atomic mass is 32.1. The normalized spacial score (nSPS) is 17.3. The van der Waals surface area contributed by atoms with Crippen molar-refractivity contribution in [3.05, 3.63) is 16.1 Å². The third-order valence-corrected chi connectivity index (χ3v) is 3.90. The summed E-state index contributed by atoms with van der Waals surface area (Å²) in [6.07, 6.45) is 4.02. The van der Waals surface area contributed by atoms with Gasteiger partial charge in [-0.1, -0.05) is 6.92 Å². The first-order valence-electron chi connectivity index (χ1n) is 6.61. The molecule has 1 unspecified atom stereocenters. The number of nitrogens with one attached hydrogen (secondary N) is 1. The van der Waals surface area contributed by atoms with Gasteiger partial charge in [0.2, 0.25) is 0 Å². The molecule has 1 aromatic rings. The van der Waals surface area contributed by atoms with Crippen LogP contribution in [0.25, 0.3) is 0 Å². The lowest BCUT2D eigenvalue weighted by Gasteiger charge is -2.12. The quantitative estimate of drug-likeness (QED) is 0.724. The predicted octanol–water partition coefficient (Wildman–Crippen LogP) is 3.13. The molecule has 0 aliphatic heterocycles. The monoisotopic (exact) mass is 254 g/mol. The first-order chi connectivity index (χ1) is 8.35. The standard InChI is InChI=1S/C13H22N2OS/c1-3-7-14-8-11-9-17-13(15-11)12(16-4-2)10-5-6-10/h9-10,12,14H,3-8H2,1-2H3. The van der Waals surface area contributed by atoms with Gasteiger partial charge in [-0.15, -0.1) is 11.3 Å². The van der Waals surface area contributed by atoms with Crippen LogP contribution in [-0.4, -0.2) is 18.1 Å². The van der Waals surface area contributed by atoms with Gasteiger partial charge in [-0.25, -0.2) is 4.98 Å². The molecule has 17 heavy (non-hydrogen) atoms. The van der Waals surface area contributed by atoms with Gasteiger partial charge >= 0.3 is 0 Å². The van der Waals surface area contributed by atoms with Gasteiger partial charge in [-0.05, 0) is 38.6 Å². The van der Waals surface area contributed by atoms with Crippen molar-refractivity contribution in [3.8, 4) is 0 Å². The van der Waals surface area contributed by atoms with E-state index in [1.807, 2.05) is 0 Å². The van der Waals surface area contributed by atoms with Crippen LogP contribution in [-0.2, 0) is 11.3 Å². The van der Waals surface area contributed by atoms with E-state index in [0.29, 0.717) is 0 Å². The molecule has 1 saturated carbocycles. The van der Waals surface area contributed by atoms with Crippen LogP contribution in [0.2, 0.25) is 0 Å². The van der Waals surface area contributed by atoms with Gasteiger partial charge in [-0.3, -0.25) is 0 Å². The molecule has 0 amide bonds. The van der Waals surface area contributed by atoms with Crippen LogP contribution in [0.15, 0.2) is 5.38 Å². The molecule has 0 spiro atoms. The van der Waals surface area contributed by atoms with Gasteiger partial charge in [0.05, 0.1) is 5.69 Å². The van der Waals surface area contributed by atoms with Crippen LogP contribution in [0.3, 0.4) is 0 Å². The third-order valence-electron chi connectivity index (χ3n) is 2.94. The smallest absolute Gasteiger partial charge is 0.122 e. The molecule has 1 aliphatic carbocycles. The highest BCUT2D eigenvalue weighted by molar-refractivity contribution is 7.09. The number of rotatable bonds is 8. The minimum absolute atomic E-state index is 0.255. The molecule has 1 atom stereocenters. The lowest BCUT2D eigenvalue weighted by atomic mass is 10.2. The van der Waals surface area contributed by atoms with Crippen molar-refractivity contribution in [1.82, 2.24) is 10.3 Å². The van der Waals surface area contributed by atoms with Crippen LogP contribution in [0.5, 0.6) is 0 Å². The number of ether oxygens (including phenoxy) is 1. The second-order valence-corrected chi connectivity index (χ2v) is 5.46. The van der Waals surface area contributed by atoms with Crippen LogP contribution in [0, 0.1) is 5.92 Å². The minimum atomic E-state index is 0.255. The van der Waals surface area contributed by atoms with E-state index < -0.39 is 0 Å². The van der Waals surface area contributed by atoms with Gasteiger partial charge in [-0.2, -0.15) is 0 Å². The highest BCUT2D eigenvalue weighted by Crippen LogP contribution is 2.44. The maximum absolute atomic E-state index is 5.82. The summed E-state index contributed by atoms with van der Waals surface area (Å²) in [4.78, 5) is 4.69. The predicted molar refractivity (Wildman–Crippen MR) is 71.2 cm³/mol. The van der Waals surface area contributed by atoms with E-state index in [2.05, 4.69) is 24.5 Å². The van der Waals surface area contributed by atoms with Gasteiger partial charge in [0.15, 0.2) is 0 Å². The number of nitrogens with zero attached hydrogens (tertiary/aromatic N) is 1. The molecule has 1 N–H and O–H groups in total. The maximum Gasteiger partial charge on any atom is 0.122 e. The van der Waals surface area contributed by atoms with Gasteiger partial charge in [0.1, 0.15) is 11.1 Å². The van der Waals surface area contributed by atoms with Crippen molar-refractivity contribution in [2.24, 2.45) is 5.92 Å². The zero-order valence-electron chi connectivity index (χ0n) is 10.7. The Labute approximate surface area is 108 Å². The average molecular weight is 254 g/mol. The van der Waals surface area contributed by atoms with E-state index in [0.717, 1.165) is 31.3 Å². The second kappa shape index (κ2) is 6.47. The summed E-state index contributed by atoms with van der Waals surface area (Å²) >= 11 is 1.75. The van der Waals surface area contributed by atoms with Crippen molar-refractivity contribution in [2.75, 3.05) is 13.2 Å². The summed E-state index contributed by atoms with van der Waals surface area (Å²) in [7, 11) is 0. The summed E-state index contributed by atoms with van der Waals surface area (Å²) < 4.78 is 5.82. The van der Waals surface area contributed by atoms with Gasteiger partial charge in [0, 0.05) is 18.5 Å². The maximum atomic E-state index is 5.82. The zero-order valence-corrected chi connectivity index (χ0v) is 11.6. The lowest BCUT2D eigenvalue weighted by Crippen LogP contribution is -2.14. The Bertz CT molecular complexity index is 336. The zero-order chi connectivity index (χ0) is 12.1. The van der Waals surface area contributed by atoms with E-state index in [1.165, 1.54) is 24.3 Å².